The number of amides is 2. The van der Waals surface area contributed by atoms with Crippen LogP contribution in [0.15, 0.2) is 46.7 Å². The first-order chi connectivity index (χ1) is 25.1. The second-order valence-electron chi connectivity index (χ2n) is 16.0. The highest BCUT2D eigenvalue weighted by Gasteiger charge is 2.43. The topological polar surface area (TPSA) is 97.8 Å². The number of thioether (sulfide) groups is 1. The van der Waals surface area contributed by atoms with Crippen LogP contribution in [0.3, 0.4) is 0 Å². The summed E-state index contributed by atoms with van der Waals surface area (Å²) in [6.07, 6.45) is 8.66. The summed E-state index contributed by atoms with van der Waals surface area (Å²) in [7, 11) is 3.55. The molecule has 1 aliphatic heterocycles. The van der Waals surface area contributed by atoms with Gasteiger partial charge < -0.3 is 24.2 Å². The molecule has 1 saturated heterocycles. The molecule has 2 unspecified atom stereocenters. The Balaban J connectivity index is 1.92. The largest absolute Gasteiger partial charge is 0.464 e. The van der Waals surface area contributed by atoms with E-state index in [2.05, 4.69) is 109 Å². The van der Waals surface area contributed by atoms with Crippen molar-refractivity contribution in [2.75, 3.05) is 33.9 Å². The molecule has 296 valence electrons. The molecule has 1 aliphatic rings. The van der Waals surface area contributed by atoms with Gasteiger partial charge in [-0.05, 0) is 50.2 Å². The zero-order chi connectivity index (χ0) is 39.3. The number of benzene rings is 1. The van der Waals surface area contributed by atoms with Gasteiger partial charge in [0.1, 0.15) is 23.7 Å². The van der Waals surface area contributed by atoms with Gasteiger partial charge in [-0.3, -0.25) is 9.59 Å². The van der Waals surface area contributed by atoms with Gasteiger partial charge in [0.2, 0.25) is 5.91 Å². The van der Waals surface area contributed by atoms with Crippen LogP contribution >= 0.6 is 23.1 Å². The van der Waals surface area contributed by atoms with E-state index in [0.29, 0.717) is 29.1 Å². The molecule has 2 aromatic rings. The molecule has 3 rings (SSSR count). The number of carbonyl (C=O) groups excluding carboxylic acids is 3. The normalized spacial score (nSPS) is 20.2. The van der Waals surface area contributed by atoms with Gasteiger partial charge in [-0.1, -0.05) is 86.1 Å². The quantitative estimate of drug-likeness (QED) is 0.0660. The lowest BCUT2D eigenvalue weighted by molar-refractivity contribution is -0.942. The number of thiazole rings is 1. The average Bonchev–Trinajstić information content (AvgIpc) is 3.61. The number of piperidine rings is 1. The number of quaternary nitrogens is 1. The molecule has 2 heterocycles. The summed E-state index contributed by atoms with van der Waals surface area (Å²) in [6, 6.07) is 7.66. The molecule has 0 spiro atoms. The highest BCUT2D eigenvalue weighted by atomic mass is 32.2. The van der Waals surface area contributed by atoms with Crippen LogP contribution in [-0.4, -0.2) is 88.9 Å². The van der Waals surface area contributed by atoms with Crippen LogP contribution in [0.1, 0.15) is 128 Å². The van der Waals surface area contributed by atoms with Crippen LogP contribution in [0.4, 0.5) is 0 Å². The lowest BCUT2D eigenvalue weighted by Crippen LogP contribution is -2.63. The van der Waals surface area contributed by atoms with Crippen LogP contribution in [0.2, 0.25) is 0 Å². The van der Waals surface area contributed by atoms with Gasteiger partial charge in [0.05, 0.1) is 20.7 Å². The second kappa shape index (κ2) is 20.8. The van der Waals surface area contributed by atoms with E-state index in [4.69, 9.17) is 9.47 Å². The standard InChI is InChI=1S/C42H66N4O5S2/c1-12-15-17-24-45(34(29(4)5)26-36(51-14-3)39-43-33(28-52-39)41(49)50-11)40(48)37(30(6)13-2)44-38(47)35-19-16-18-25-46(35,10)27-31-20-22-32(23-21-31)53-42(7,8)9/h15,17,20-23,28-30,34-37H,12-14,16,18-19,24-27H2,1-11H3/p+1/t30?,34-,35-,36-,37+,46?/m1/s1. The van der Waals surface area contributed by atoms with E-state index in [9.17, 15) is 14.4 Å². The van der Waals surface area contributed by atoms with E-state index in [-0.39, 0.29) is 46.2 Å². The van der Waals surface area contributed by atoms with Crippen molar-refractivity contribution in [3.8, 4) is 0 Å². The summed E-state index contributed by atoms with van der Waals surface area (Å²) < 4.78 is 11.9. The van der Waals surface area contributed by atoms with E-state index < -0.39 is 18.1 Å². The monoisotopic (exact) mass is 771 g/mol. The molecule has 1 aromatic carbocycles. The maximum atomic E-state index is 14.9. The number of nitrogens with one attached hydrogen (secondary N) is 1. The Bertz CT molecular complexity index is 1490. The number of likely N-dealkylation sites (N-methyl/N-ethyl adjacent to an activating group) is 1. The third-order valence-corrected chi connectivity index (χ3v) is 12.3. The van der Waals surface area contributed by atoms with Crippen molar-refractivity contribution in [1.29, 1.82) is 0 Å². The molecule has 1 fully saturated rings. The van der Waals surface area contributed by atoms with E-state index in [1.807, 2.05) is 23.6 Å². The van der Waals surface area contributed by atoms with Gasteiger partial charge in [-0.15, -0.1) is 23.1 Å². The number of nitrogens with zero attached hydrogens (tertiary/aromatic N) is 3. The van der Waals surface area contributed by atoms with E-state index >= 15 is 0 Å². The summed E-state index contributed by atoms with van der Waals surface area (Å²) in [6.45, 7) is 21.6. The zero-order valence-electron chi connectivity index (χ0n) is 34.3. The number of hydrogen-bond acceptors (Lipinski definition) is 8. The molecule has 0 bridgehead atoms. The highest BCUT2D eigenvalue weighted by molar-refractivity contribution is 8.00. The Kier molecular flexibility index (Phi) is 17.5. The fourth-order valence-electron chi connectivity index (χ4n) is 7.22. The lowest BCUT2D eigenvalue weighted by Gasteiger charge is -2.45. The third kappa shape index (κ3) is 12.9. The zero-order valence-corrected chi connectivity index (χ0v) is 35.9. The summed E-state index contributed by atoms with van der Waals surface area (Å²) in [5, 5.41) is 5.71. The van der Waals surface area contributed by atoms with Crippen molar-refractivity contribution in [2.45, 2.75) is 141 Å². The van der Waals surface area contributed by atoms with Crippen LogP contribution in [-0.2, 0) is 25.6 Å². The Morgan fingerprint density at radius 1 is 1.09 bits per heavy atom. The fraction of sp³-hybridized carbons (Fsp3) is 0.667. The molecule has 6 atom stereocenters. The first-order valence-electron chi connectivity index (χ1n) is 19.6. The van der Waals surface area contributed by atoms with Crippen molar-refractivity contribution in [2.24, 2.45) is 11.8 Å². The lowest BCUT2D eigenvalue weighted by atomic mass is 9.91. The molecule has 1 N–H and O–H groups in total. The molecular formula is C42H67N4O5S2+. The molecular weight excluding hydrogens is 705 g/mol. The summed E-state index contributed by atoms with van der Waals surface area (Å²) in [5.41, 5.74) is 1.47. The number of rotatable bonds is 19. The van der Waals surface area contributed by atoms with Crippen molar-refractivity contribution >= 4 is 40.9 Å². The number of likely N-dealkylation sites (tertiary alicyclic amines) is 1. The van der Waals surface area contributed by atoms with Crippen molar-refractivity contribution in [1.82, 2.24) is 15.2 Å². The minimum absolute atomic E-state index is 0.0405. The smallest absolute Gasteiger partial charge is 0.357 e. The van der Waals surface area contributed by atoms with Crippen molar-refractivity contribution in [3.63, 3.8) is 0 Å². The Hall–Kier alpha value is -2.73. The van der Waals surface area contributed by atoms with Gasteiger partial charge in [-0.25, -0.2) is 9.78 Å². The average molecular weight is 772 g/mol. The van der Waals surface area contributed by atoms with Crippen molar-refractivity contribution < 1.29 is 28.3 Å². The maximum absolute atomic E-state index is 14.9. The number of hydrogen-bond donors (Lipinski definition) is 1. The molecule has 0 saturated carbocycles. The summed E-state index contributed by atoms with van der Waals surface area (Å²) in [5.74, 6) is -0.597. The minimum atomic E-state index is -0.677. The molecule has 53 heavy (non-hydrogen) atoms. The van der Waals surface area contributed by atoms with Gasteiger partial charge in [0.15, 0.2) is 11.7 Å². The first-order valence-corrected chi connectivity index (χ1v) is 21.3. The summed E-state index contributed by atoms with van der Waals surface area (Å²) >= 11 is 3.22. The van der Waals surface area contributed by atoms with Crippen molar-refractivity contribution in [3.05, 3.63) is 58.1 Å². The molecule has 1 aromatic heterocycles. The van der Waals surface area contributed by atoms with Gasteiger partial charge >= 0.3 is 5.97 Å². The van der Waals surface area contributed by atoms with Gasteiger partial charge in [0.25, 0.3) is 5.91 Å². The van der Waals surface area contributed by atoms with Gasteiger partial charge in [0, 0.05) is 52.6 Å². The Morgan fingerprint density at radius 2 is 1.79 bits per heavy atom. The van der Waals surface area contributed by atoms with E-state index in [0.717, 1.165) is 45.2 Å². The van der Waals surface area contributed by atoms with Crippen LogP contribution in [0.25, 0.3) is 0 Å². The molecule has 9 nitrogen and oxygen atoms in total. The number of methoxy groups -OCH3 is 1. The predicted octanol–water partition coefficient (Wildman–Crippen LogP) is 8.84. The first kappa shape index (κ1) is 44.7. The minimum Gasteiger partial charge on any atom is -0.464 e. The number of carbonyl (C=O) groups is 3. The fourth-order valence-corrected chi connectivity index (χ4v) is 9.05. The van der Waals surface area contributed by atoms with E-state index in [1.165, 1.54) is 28.9 Å². The number of aromatic nitrogens is 1. The highest BCUT2D eigenvalue weighted by Crippen LogP contribution is 2.34. The second-order valence-corrected chi connectivity index (χ2v) is 18.8. The molecule has 2 amide bonds. The predicted molar refractivity (Wildman–Crippen MR) is 218 cm³/mol. The molecule has 0 aliphatic carbocycles. The molecule has 0 radical (unpaired) electrons. The summed E-state index contributed by atoms with van der Waals surface area (Å²) in [4.78, 5) is 49.4. The SMILES string of the molecule is CCC=CCN(C(=O)[C@@H](NC(=O)[C@H]1CCCC[N+]1(C)Cc1ccc(SC(C)(C)C)cc1)C(C)CC)[C@H](C[C@@H](OCC)c1nc(C(=O)OC)cs1)C(C)C. The van der Waals surface area contributed by atoms with E-state index in [1.54, 1.807) is 5.38 Å². The Labute approximate surface area is 328 Å². The van der Waals surface area contributed by atoms with Crippen LogP contribution in [0.5, 0.6) is 0 Å². The Morgan fingerprint density at radius 3 is 2.38 bits per heavy atom. The maximum Gasteiger partial charge on any atom is 0.357 e. The van der Waals surface area contributed by atoms with Gasteiger partial charge in [-0.2, -0.15) is 0 Å². The molecule has 11 heteroatoms. The number of esters is 1. The van der Waals surface area contributed by atoms with Crippen LogP contribution in [0, 0.1) is 11.8 Å². The third-order valence-electron chi connectivity index (χ3n) is 10.3. The number of ether oxygens (including phenoxy) is 2. The number of allylic oxidation sites excluding steroid dienone is 1. The van der Waals surface area contributed by atoms with Crippen LogP contribution < -0.4 is 5.32 Å².